The second-order valence-electron chi connectivity index (χ2n) is 10.2. The summed E-state index contributed by atoms with van der Waals surface area (Å²) in [5.74, 6) is -0.856. The van der Waals surface area contributed by atoms with Crippen molar-refractivity contribution in [3.63, 3.8) is 0 Å². The highest BCUT2D eigenvalue weighted by Gasteiger charge is 2.36. The van der Waals surface area contributed by atoms with Gasteiger partial charge in [0.2, 0.25) is 5.91 Å². The zero-order valence-electron chi connectivity index (χ0n) is 21.5. The van der Waals surface area contributed by atoms with E-state index < -0.39 is 5.92 Å². The molecule has 190 valence electrons. The van der Waals surface area contributed by atoms with Gasteiger partial charge >= 0.3 is 0 Å². The summed E-state index contributed by atoms with van der Waals surface area (Å²) in [6.07, 6.45) is 3.88. The third kappa shape index (κ3) is 5.81. The minimum atomic E-state index is -0.562. The second-order valence-corrected chi connectivity index (χ2v) is 10.2. The lowest BCUT2D eigenvalue weighted by Gasteiger charge is -2.26. The van der Waals surface area contributed by atoms with Crippen molar-refractivity contribution in [2.45, 2.75) is 51.6 Å². The molecule has 1 atom stereocenters. The van der Waals surface area contributed by atoms with Gasteiger partial charge in [-0.25, -0.2) is 0 Å². The van der Waals surface area contributed by atoms with Gasteiger partial charge in [0.1, 0.15) is 5.92 Å². The van der Waals surface area contributed by atoms with E-state index in [1.165, 1.54) is 24.8 Å². The topological polar surface area (TPSA) is 73.8 Å². The highest BCUT2D eigenvalue weighted by molar-refractivity contribution is 6.24. The summed E-state index contributed by atoms with van der Waals surface area (Å²) in [5.41, 5.74) is 5.70. The number of nitrogens with one attached hydrogen (secondary N) is 2. The van der Waals surface area contributed by atoms with Crippen LogP contribution in [-0.2, 0) is 11.3 Å². The number of carbonyl (C=O) groups excluding carboxylic acids is 2. The lowest BCUT2D eigenvalue weighted by atomic mass is 9.90. The number of piperidine rings is 1. The van der Waals surface area contributed by atoms with Crippen LogP contribution in [0.4, 0.5) is 11.4 Å². The average Bonchev–Trinajstić information content (AvgIpc) is 3.23. The van der Waals surface area contributed by atoms with E-state index in [1.54, 1.807) is 12.1 Å². The van der Waals surface area contributed by atoms with Crippen LogP contribution >= 0.6 is 0 Å². The molecule has 1 fully saturated rings. The maximum Gasteiger partial charge on any atom is 0.251 e. The third-order valence-corrected chi connectivity index (χ3v) is 6.95. The van der Waals surface area contributed by atoms with Gasteiger partial charge in [0.25, 0.3) is 5.91 Å². The maximum atomic E-state index is 13.3. The lowest BCUT2D eigenvalue weighted by Crippen LogP contribution is -2.30. The second kappa shape index (κ2) is 11.1. The Morgan fingerprint density at radius 1 is 0.973 bits per heavy atom. The van der Waals surface area contributed by atoms with Crippen LogP contribution in [0.5, 0.6) is 0 Å². The van der Waals surface area contributed by atoms with Gasteiger partial charge in [0.05, 0.1) is 11.4 Å². The molecule has 2 N–H and O–H groups in total. The molecule has 3 aromatic rings. The van der Waals surface area contributed by atoms with E-state index >= 15 is 0 Å². The predicted octanol–water partition coefficient (Wildman–Crippen LogP) is 5.67. The number of nitrogens with zero attached hydrogens (tertiary/aromatic N) is 2. The minimum Gasteiger partial charge on any atom is -0.350 e. The Hall–Kier alpha value is -3.77. The average molecular weight is 495 g/mol. The Morgan fingerprint density at radius 2 is 1.70 bits per heavy atom. The summed E-state index contributed by atoms with van der Waals surface area (Å²) in [7, 11) is 0. The molecule has 6 nitrogen and oxygen atoms in total. The van der Waals surface area contributed by atoms with Crippen LogP contribution in [0.3, 0.4) is 0 Å². The molecule has 0 bridgehead atoms. The first kappa shape index (κ1) is 24.9. The first-order valence-electron chi connectivity index (χ1n) is 13.2. The Labute approximate surface area is 218 Å². The molecular weight excluding hydrogens is 460 g/mol. The van der Waals surface area contributed by atoms with Gasteiger partial charge in [-0.3, -0.25) is 19.5 Å². The quantitative estimate of drug-likeness (QED) is 0.416. The zero-order valence-corrected chi connectivity index (χ0v) is 21.5. The summed E-state index contributed by atoms with van der Waals surface area (Å²) in [6.45, 7) is 7.13. The van der Waals surface area contributed by atoms with E-state index in [-0.39, 0.29) is 17.9 Å². The summed E-state index contributed by atoms with van der Waals surface area (Å²) in [4.78, 5) is 33.3. The van der Waals surface area contributed by atoms with E-state index in [9.17, 15) is 9.59 Å². The molecule has 1 saturated heterocycles. The van der Waals surface area contributed by atoms with Crippen molar-refractivity contribution in [1.29, 1.82) is 0 Å². The Balaban J connectivity index is 1.45. The van der Waals surface area contributed by atoms with Crippen LogP contribution in [0.15, 0.2) is 77.8 Å². The van der Waals surface area contributed by atoms with E-state index in [1.807, 2.05) is 62.4 Å². The van der Waals surface area contributed by atoms with Crippen LogP contribution in [-0.4, -0.2) is 41.6 Å². The van der Waals surface area contributed by atoms with Gasteiger partial charge in [-0.15, -0.1) is 0 Å². The van der Waals surface area contributed by atoms with E-state index in [0.29, 0.717) is 17.0 Å². The molecule has 3 aromatic carbocycles. The Morgan fingerprint density at radius 3 is 2.41 bits per heavy atom. The standard InChI is InChI=1S/C31H34N4O2/c1-21(2)32-30(36)24-13-16-26-27(19-24)34-31(37)28(26)29(23-9-5-3-6-10-23)33-25-14-11-22(12-15-25)20-35-17-7-4-8-18-35/h3,5-6,9-16,19,21,28H,4,7-8,17-18,20H2,1-2H3,(H,32,36)(H,34,37). The van der Waals surface area contributed by atoms with Crippen molar-refractivity contribution in [1.82, 2.24) is 10.2 Å². The Kier molecular flexibility index (Phi) is 7.47. The molecule has 6 heteroatoms. The Bertz CT molecular complexity index is 1290. The number of anilines is 1. The number of hydrogen-bond donors (Lipinski definition) is 2. The van der Waals surface area contributed by atoms with Crippen LogP contribution in [0, 0.1) is 0 Å². The van der Waals surface area contributed by atoms with Gasteiger partial charge in [-0.1, -0.05) is 55.0 Å². The highest BCUT2D eigenvalue weighted by atomic mass is 16.2. The number of aliphatic imine (C=N–C) groups is 1. The third-order valence-electron chi connectivity index (χ3n) is 6.95. The van der Waals surface area contributed by atoms with Crippen molar-refractivity contribution in [3.8, 4) is 0 Å². The van der Waals surface area contributed by atoms with E-state index in [4.69, 9.17) is 4.99 Å². The molecular formula is C31H34N4O2. The number of amides is 2. The number of fused-ring (bicyclic) bond motifs is 1. The molecule has 0 aromatic heterocycles. The van der Waals surface area contributed by atoms with Crippen molar-refractivity contribution in [3.05, 3.63) is 95.1 Å². The molecule has 0 aliphatic carbocycles. The predicted molar refractivity (Wildman–Crippen MR) is 149 cm³/mol. The SMILES string of the molecule is CC(C)NC(=O)c1ccc2c(c1)NC(=O)C2C(=Nc1ccc(CN2CCCCC2)cc1)c1ccccc1. The fraction of sp³-hybridized carbons (Fsp3) is 0.323. The van der Waals surface area contributed by atoms with Crippen molar-refractivity contribution in [2.75, 3.05) is 18.4 Å². The largest absolute Gasteiger partial charge is 0.350 e. The molecule has 1 unspecified atom stereocenters. The van der Waals surface area contributed by atoms with Crippen LogP contribution in [0.2, 0.25) is 0 Å². The molecule has 0 saturated carbocycles. The molecule has 2 amide bonds. The van der Waals surface area contributed by atoms with Crippen molar-refractivity contribution < 1.29 is 9.59 Å². The van der Waals surface area contributed by atoms with Gasteiger partial charge in [0, 0.05) is 23.8 Å². The number of hydrogen-bond acceptors (Lipinski definition) is 4. The molecule has 37 heavy (non-hydrogen) atoms. The van der Waals surface area contributed by atoms with Crippen LogP contribution in [0.25, 0.3) is 0 Å². The van der Waals surface area contributed by atoms with Gasteiger partial charge in [-0.05, 0) is 80.7 Å². The number of rotatable bonds is 7. The van der Waals surface area contributed by atoms with E-state index in [0.717, 1.165) is 36.4 Å². The van der Waals surface area contributed by atoms with E-state index in [2.05, 4.69) is 27.7 Å². The summed E-state index contributed by atoms with van der Waals surface area (Å²) in [6, 6.07) is 23.6. The van der Waals surface area contributed by atoms with Gasteiger partial charge in [-0.2, -0.15) is 0 Å². The van der Waals surface area contributed by atoms with Crippen LogP contribution < -0.4 is 10.6 Å². The number of likely N-dealkylation sites (tertiary alicyclic amines) is 1. The fourth-order valence-corrected chi connectivity index (χ4v) is 5.12. The lowest BCUT2D eigenvalue weighted by molar-refractivity contribution is -0.115. The van der Waals surface area contributed by atoms with Gasteiger partial charge < -0.3 is 10.6 Å². The first-order valence-corrected chi connectivity index (χ1v) is 13.2. The number of benzene rings is 3. The number of carbonyl (C=O) groups is 2. The monoisotopic (exact) mass is 494 g/mol. The van der Waals surface area contributed by atoms with Crippen LogP contribution in [0.1, 0.15) is 66.1 Å². The molecule has 2 aliphatic heterocycles. The molecule has 5 rings (SSSR count). The van der Waals surface area contributed by atoms with Crippen molar-refractivity contribution in [2.24, 2.45) is 4.99 Å². The summed E-state index contributed by atoms with van der Waals surface area (Å²) in [5, 5.41) is 5.89. The molecule has 0 spiro atoms. The highest BCUT2D eigenvalue weighted by Crippen LogP contribution is 2.37. The molecule has 2 heterocycles. The smallest absolute Gasteiger partial charge is 0.251 e. The fourth-order valence-electron chi connectivity index (χ4n) is 5.12. The summed E-state index contributed by atoms with van der Waals surface area (Å²) < 4.78 is 0. The van der Waals surface area contributed by atoms with Gasteiger partial charge in [0.15, 0.2) is 0 Å². The summed E-state index contributed by atoms with van der Waals surface area (Å²) >= 11 is 0. The van der Waals surface area contributed by atoms with Crippen molar-refractivity contribution >= 4 is 28.9 Å². The molecule has 2 aliphatic rings. The first-order chi connectivity index (χ1) is 18.0. The zero-order chi connectivity index (χ0) is 25.8. The normalized spacial score (nSPS) is 18.0. The minimum absolute atomic E-state index is 0.0335. The maximum absolute atomic E-state index is 13.3. The molecule has 0 radical (unpaired) electrons.